The number of nitrogens with zero attached hydrogens (tertiary/aromatic N) is 1. The molecule has 150 valence electrons. The van der Waals surface area contributed by atoms with Crippen molar-refractivity contribution < 1.29 is 4.74 Å². The van der Waals surface area contributed by atoms with Gasteiger partial charge in [-0.25, -0.2) is 0 Å². The molecule has 0 bridgehead atoms. The van der Waals surface area contributed by atoms with Crippen LogP contribution in [0.2, 0.25) is 0 Å². The molecule has 0 aliphatic carbocycles. The minimum absolute atomic E-state index is 0.875. The molecule has 32 heavy (non-hydrogen) atoms. The number of rotatable bonds is 1. The molecule has 2 heteroatoms. The molecular weight excluding hydrogens is 390 g/mol. The van der Waals surface area contributed by atoms with E-state index in [0.717, 1.165) is 33.9 Å². The maximum absolute atomic E-state index is 6.62. The van der Waals surface area contributed by atoms with Gasteiger partial charge in [-0.3, -0.25) is 0 Å². The highest BCUT2D eigenvalue weighted by atomic mass is 16.5. The summed E-state index contributed by atoms with van der Waals surface area (Å²) in [5.41, 5.74) is 3.30. The lowest BCUT2D eigenvalue weighted by Crippen LogP contribution is -2.16. The fraction of sp³-hybridized carbons (Fsp3) is 0. The van der Waals surface area contributed by atoms with Crippen LogP contribution in [0.3, 0.4) is 0 Å². The van der Waals surface area contributed by atoms with Crippen molar-refractivity contribution in [3.63, 3.8) is 0 Å². The highest BCUT2D eigenvalue weighted by molar-refractivity contribution is 6.10. The fourth-order valence-corrected chi connectivity index (χ4v) is 4.95. The van der Waals surface area contributed by atoms with Crippen LogP contribution in [0.25, 0.3) is 32.3 Å². The van der Waals surface area contributed by atoms with Gasteiger partial charge in [-0.15, -0.1) is 0 Å². The quantitative estimate of drug-likeness (QED) is 0.269. The summed E-state index contributed by atoms with van der Waals surface area (Å²) < 4.78 is 6.62. The molecule has 0 radical (unpaired) electrons. The Kier molecular flexibility index (Phi) is 3.58. The Balaban J connectivity index is 1.64. The van der Waals surface area contributed by atoms with Crippen molar-refractivity contribution >= 4 is 49.4 Å². The molecule has 1 aliphatic rings. The van der Waals surface area contributed by atoms with Crippen LogP contribution < -0.4 is 9.64 Å². The van der Waals surface area contributed by atoms with Crippen LogP contribution in [-0.4, -0.2) is 0 Å². The Morgan fingerprint density at radius 2 is 1.03 bits per heavy atom. The first kappa shape index (κ1) is 17.4. The Morgan fingerprint density at radius 3 is 1.84 bits per heavy atom. The lowest BCUT2D eigenvalue weighted by Gasteiger charge is -2.35. The molecule has 0 saturated carbocycles. The monoisotopic (exact) mass is 409 g/mol. The Hall–Kier alpha value is -4.30. The predicted molar refractivity (Wildman–Crippen MR) is 134 cm³/mol. The molecule has 0 aromatic heterocycles. The molecule has 0 N–H and O–H groups in total. The normalized spacial score (nSPS) is 12.6. The number of anilines is 3. The van der Waals surface area contributed by atoms with E-state index in [4.69, 9.17) is 4.74 Å². The largest absolute Gasteiger partial charge is 0.452 e. The average molecular weight is 409 g/mol. The smallest absolute Gasteiger partial charge is 0.159 e. The van der Waals surface area contributed by atoms with Crippen molar-refractivity contribution in [3.8, 4) is 11.5 Å². The Morgan fingerprint density at radius 1 is 0.438 bits per heavy atom. The van der Waals surface area contributed by atoms with Crippen LogP contribution in [0.5, 0.6) is 11.5 Å². The maximum Gasteiger partial charge on any atom is 0.159 e. The molecule has 0 spiro atoms. The third-order valence-electron chi connectivity index (χ3n) is 6.41. The van der Waals surface area contributed by atoms with Crippen LogP contribution in [-0.2, 0) is 0 Å². The standard InChI is InChI=1S/C30H19NO/c1-4-12-23-20(8-1)11-7-15-26(23)31-27-18-16-22-10-3-6-14-25(22)30(27)32-28-19-17-21-9-2-5-13-24(21)29(28)31/h1-19H. The molecule has 0 fully saturated rings. The zero-order chi connectivity index (χ0) is 21.1. The van der Waals surface area contributed by atoms with E-state index in [2.05, 4.69) is 120 Å². The average Bonchev–Trinajstić information content (AvgIpc) is 2.87. The minimum Gasteiger partial charge on any atom is -0.452 e. The molecule has 0 unspecified atom stereocenters. The minimum atomic E-state index is 0.875. The number of ether oxygens (including phenoxy) is 1. The number of hydrogen-bond acceptors (Lipinski definition) is 2. The van der Waals surface area contributed by atoms with Gasteiger partial charge < -0.3 is 9.64 Å². The van der Waals surface area contributed by atoms with Gasteiger partial charge in [0.15, 0.2) is 11.5 Å². The molecule has 7 rings (SSSR count). The molecule has 6 aromatic carbocycles. The number of hydrogen-bond donors (Lipinski definition) is 0. The first-order chi connectivity index (χ1) is 15.9. The summed E-state index contributed by atoms with van der Waals surface area (Å²) in [5, 5.41) is 7.11. The molecular formula is C30H19NO. The van der Waals surface area contributed by atoms with Crippen molar-refractivity contribution in [1.82, 2.24) is 0 Å². The van der Waals surface area contributed by atoms with E-state index in [0.29, 0.717) is 0 Å². The molecule has 0 saturated heterocycles. The second-order valence-electron chi connectivity index (χ2n) is 8.20. The predicted octanol–water partition coefficient (Wildman–Crippen LogP) is 8.72. The van der Waals surface area contributed by atoms with E-state index in [1.54, 1.807) is 0 Å². The van der Waals surface area contributed by atoms with Gasteiger partial charge in [0.05, 0.1) is 17.1 Å². The van der Waals surface area contributed by atoms with E-state index in [9.17, 15) is 0 Å². The first-order valence-electron chi connectivity index (χ1n) is 10.9. The van der Waals surface area contributed by atoms with Gasteiger partial charge in [-0.05, 0) is 34.4 Å². The highest BCUT2D eigenvalue weighted by Crippen LogP contribution is 2.55. The van der Waals surface area contributed by atoms with Gasteiger partial charge in [0.25, 0.3) is 0 Å². The molecule has 6 aromatic rings. The maximum atomic E-state index is 6.62. The number of benzene rings is 6. The molecule has 2 nitrogen and oxygen atoms in total. The summed E-state index contributed by atoms with van der Waals surface area (Å²) in [6.07, 6.45) is 0. The van der Waals surface area contributed by atoms with Crippen LogP contribution >= 0.6 is 0 Å². The molecule has 1 aliphatic heterocycles. The molecule has 1 heterocycles. The third kappa shape index (κ3) is 2.41. The summed E-state index contributed by atoms with van der Waals surface area (Å²) in [6, 6.07) is 40.6. The Labute approximate surface area is 185 Å². The van der Waals surface area contributed by atoms with E-state index in [1.165, 1.54) is 26.9 Å². The summed E-state index contributed by atoms with van der Waals surface area (Å²) in [5.74, 6) is 1.78. The topological polar surface area (TPSA) is 12.5 Å². The zero-order valence-electron chi connectivity index (χ0n) is 17.3. The second-order valence-corrected chi connectivity index (χ2v) is 8.20. The van der Waals surface area contributed by atoms with Crippen molar-refractivity contribution in [2.24, 2.45) is 0 Å². The molecule has 0 amide bonds. The van der Waals surface area contributed by atoms with E-state index < -0.39 is 0 Å². The fourth-order valence-electron chi connectivity index (χ4n) is 4.95. The van der Waals surface area contributed by atoms with Gasteiger partial charge in [0.2, 0.25) is 0 Å². The van der Waals surface area contributed by atoms with Crippen LogP contribution in [0.4, 0.5) is 17.1 Å². The summed E-state index contributed by atoms with van der Waals surface area (Å²) in [7, 11) is 0. The van der Waals surface area contributed by atoms with Crippen molar-refractivity contribution in [2.45, 2.75) is 0 Å². The van der Waals surface area contributed by atoms with Gasteiger partial charge in [0, 0.05) is 16.2 Å². The lowest BCUT2D eigenvalue weighted by atomic mass is 10.00. The van der Waals surface area contributed by atoms with Crippen LogP contribution in [0, 0.1) is 0 Å². The van der Waals surface area contributed by atoms with Gasteiger partial charge in [-0.1, -0.05) is 97.1 Å². The SMILES string of the molecule is c1ccc2c(N3c4ccc5ccccc5c4Oc4ccc5ccccc5c43)cccc2c1. The van der Waals surface area contributed by atoms with E-state index in [1.807, 2.05) is 0 Å². The van der Waals surface area contributed by atoms with Crippen molar-refractivity contribution in [3.05, 3.63) is 115 Å². The highest BCUT2D eigenvalue weighted by Gasteiger charge is 2.29. The molecule has 0 atom stereocenters. The number of fused-ring (bicyclic) bond motifs is 7. The van der Waals surface area contributed by atoms with Crippen molar-refractivity contribution in [2.75, 3.05) is 4.90 Å². The zero-order valence-corrected chi connectivity index (χ0v) is 17.3. The van der Waals surface area contributed by atoms with E-state index in [-0.39, 0.29) is 0 Å². The Bertz CT molecular complexity index is 1660. The first-order valence-corrected chi connectivity index (χ1v) is 10.9. The van der Waals surface area contributed by atoms with Crippen LogP contribution in [0.15, 0.2) is 115 Å². The summed E-state index contributed by atoms with van der Waals surface area (Å²) >= 11 is 0. The van der Waals surface area contributed by atoms with Crippen LogP contribution in [0.1, 0.15) is 0 Å². The third-order valence-corrected chi connectivity index (χ3v) is 6.41. The van der Waals surface area contributed by atoms with Gasteiger partial charge in [0.1, 0.15) is 0 Å². The van der Waals surface area contributed by atoms with E-state index >= 15 is 0 Å². The van der Waals surface area contributed by atoms with Crippen molar-refractivity contribution in [1.29, 1.82) is 0 Å². The van der Waals surface area contributed by atoms with Gasteiger partial charge in [-0.2, -0.15) is 0 Å². The summed E-state index contributed by atoms with van der Waals surface area (Å²) in [6.45, 7) is 0. The summed E-state index contributed by atoms with van der Waals surface area (Å²) in [4.78, 5) is 2.38. The second kappa shape index (κ2) is 6.60. The van der Waals surface area contributed by atoms with Gasteiger partial charge >= 0.3 is 0 Å². The lowest BCUT2D eigenvalue weighted by molar-refractivity contribution is 0.483.